The zero-order valence-corrected chi connectivity index (χ0v) is 46.6. The average Bonchev–Trinajstić information content (AvgIpc) is 3.71. The van der Waals surface area contributed by atoms with Gasteiger partial charge in [-0.05, 0) is 116 Å². The van der Waals surface area contributed by atoms with Crippen LogP contribution in [0.5, 0.6) is 0 Å². The molecule has 0 fully saturated rings. The van der Waals surface area contributed by atoms with Crippen LogP contribution in [0.3, 0.4) is 0 Å². The molecule has 3 aromatic heterocycles. The third kappa shape index (κ3) is 10.3. The van der Waals surface area contributed by atoms with Crippen LogP contribution >= 0.6 is 0 Å². The van der Waals surface area contributed by atoms with Gasteiger partial charge in [0.1, 0.15) is 0 Å². The van der Waals surface area contributed by atoms with Gasteiger partial charge in [0.2, 0.25) is 0 Å². The van der Waals surface area contributed by atoms with Crippen molar-refractivity contribution in [3.8, 4) is 74.0 Å². The summed E-state index contributed by atoms with van der Waals surface area (Å²) in [6.07, 6.45) is 0. The molecule has 0 saturated carbocycles. The van der Waals surface area contributed by atoms with E-state index in [1.165, 1.54) is 38.6 Å². The van der Waals surface area contributed by atoms with Crippen LogP contribution in [0.25, 0.3) is 95.8 Å². The minimum atomic E-state index is -0.120. The molecule has 0 amide bonds. The van der Waals surface area contributed by atoms with Gasteiger partial charge < -0.3 is 4.57 Å². The third-order valence-electron chi connectivity index (χ3n) is 14.5. The summed E-state index contributed by atoms with van der Waals surface area (Å²) in [4.78, 5) is 32.3. The van der Waals surface area contributed by atoms with E-state index in [1.807, 2.05) is 36.4 Å². The molecule has 7 heteroatoms. The van der Waals surface area contributed by atoms with Crippen molar-refractivity contribution in [1.82, 2.24) is 34.5 Å². The van der Waals surface area contributed by atoms with Crippen LogP contribution in [-0.4, -0.2) is 34.5 Å². The molecule has 0 atom stereocenters. The molecule has 0 spiro atoms. The smallest absolute Gasteiger partial charge is 0.166 e. The molecule has 0 unspecified atom stereocenters. The molecule has 7 nitrogen and oxygen atoms in total. The summed E-state index contributed by atoms with van der Waals surface area (Å²) in [6.45, 7) is 34.1. The maximum absolute atomic E-state index is 5.50. The van der Waals surface area contributed by atoms with Crippen molar-refractivity contribution in [3.05, 3.63) is 186 Å². The van der Waals surface area contributed by atoms with E-state index in [-0.39, 0.29) is 27.1 Å². The summed E-state index contributed by atoms with van der Waals surface area (Å²) in [5, 5.41) is 2.36. The first-order valence-electron chi connectivity index (χ1n) is 26.4. The minimum absolute atomic E-state index is 0.0379. The Morgan fingerprint density at radius 3 is 1.08 bits per heavy atom. The maximum Gasteiger partial charge on any atom is 0.166 e. The summed E-state index contributed by atoms with van der Waals surface area (Å²) < 4.78 is 2.37. The molecular weight excluding hydrogens is 915 g/mol. The van der Waals surface area contributed by atoms with Crippen molar-refractivity contribution < 1.29 is 0 Å². The first-order chi connectivity index (χ1) is 35.3. The predicted octanol–water partition coefficient (Wildman–Crippen LogP) is 17.6. The average molecular weight is 986 g/mol. The fourth-order valence-corrected chi connectivity index (χ4v) is 9.69. The number of hydrogen-bond acceptors (Lipinski definition) is 6. The second-order valence-corrected chi connectivity index (χ2v) is 25.5. The molecule has 7 aromatic carbocycles. The van der Waals surface area contributed by atoms with E-state index in [9.17, 15) is 0 Å². The zero-order chi connectivity index (χ0) is 53.4. The van der Waals surface area contributed by atoms with Crippen LogP contribution in [-0.2, 0) is 27.1 Å². The molecule has 0 N–H and O–H groups in total. The molecule has 3 heterocycles. The Balaban J connectivity index is 1.31. The highest BCUT2D eigenvalue weighted by atomic mass is 15.1. The van der Waals surface area contributed by atoms with Crippen LogP contribution in [0.15, 0.2) is 158 Å². The predicted molar refractivity (Wildman–Crippen MR) is 314 cm³/mol. The van der Waals surface area contributed by atoms with Crippen LogP contribution < -0.4 is 0 Å². The topological polar surface area (TPSA) is 82.3 Å². The monoisotopic (exact) mass is 986 g/mol. The van der Waals surface area contributed by atoms with Crippen LogP contribution in [0.4, 0.5) is 0 Å². The highest BCUT2D eigenvalue weighted by molar-refractivity contribution is 6.10. The SMILES string of the molecule is CC(C)(C)c1cc(-c2nc(-c3cc(C(C)(C)C)cc(C(C)(C)C)c3)nc(-c3ccc(-n4c5ccccc5c5cc(C(C)(C)C)ccc54)c(-c4nc(-c5ccccc5)nc(-c5ccccc5)n4)c3)n2)cc(C(C)(C)C)c1. The summed E-state index contributed by atoms with van der Waals surface area (Å²) in [5.74, 6) is 3.49. The standard InChI is InChI=1S/C68H71N7/c1-64(2,3)47-31-33-56-53(41-47)52-28-22-23-29-55(52)75(56)57-32-30-44(38-54(57)63-73-58(42-24-18-16-19-25-42)69-59(74-63)43-26-20-17-21-27-43)60-70-61(45-34-48(65(4,5)6)39-49(35-45)66(7,8)9)72-62(71-60)46-36-50(67(10,11)12)40-51(37-46)68(13,14)15/h16-41H,1-15H3. The van der Waals surface area contributed by atoms with Gasteiger partial charge in [-0.25, -0.2) is 29.9 Å². The van der Waals surface area contributed by atoms with E-state index in [0.29, 0.717) is 34.9 Å². The highest BCUT2D eigenvalue weighted by Crippen LogP contribution is 2.41. The van der Waals surface area contributed by atoms with Crippen LogP contribution in [0, 0.1) is 0 Å². The zero-order valence-electron chi connectivity index (χ0n) is 46.6. The summed E-state index contributed by atoms with van der Waals surface area (Å²) in [7, 11) is 0. The van der Waals surface area contributed by atoms with Gasteiger partial charge >= 0.3 is 0 Å². The fourth-order valence-electron chi connectivity index (χ4n) is 9.69. The van der Waals surface area contributed by atoms with E-state index in [2.05, 4.69) is 230 Å². The number of para-hydroxylation sites is 1. The molecule has 0 radical (unpaired) electrons. The van der Waals surface area contributed by atoms with Gasteiger partial charge in [-0.15, -0.1) is 0 Å². The maximum atomic E-state index is 5.50. The van der Waals surface area contributed by atoms with Gasteiger partial charge in [0, 0.05) is 44.2 Å². The molecule has 0 saturated heterocycles. The lowest BCUT2D eigenvalue weighted by Crippen LogP contribution is -2.17. The van der Waals surface area contributed by atoms with Crippen molar-refractivity contribution in [2.75, 3.05) is 0 Å². The Labute approximate surface area is 444 Å². The van der Waals surface area contributed by atoms with Gasteiger partial charge in [0.15, 0.2) is 34.9 Å². The van der Waals surface area contributed by atoms with Crippen molar-refractivity contribution in [2.45, 2.75) is 131 Å². The third-order valence-corrected chi connectivity index (χ3v) is 14.5. The molecule has 0 aliphatic carbocycles. The Kier molecular flexibility index (Phi) is 12.6. The van der Waals surface area contributed by atoms with Gasteiger partial charge in [0.05, 0.1) is 16.7 Å². The van der Waals surface area contributed by atoms with Crippen molar-refractivity contribution in [2.24, 2.45) is 0 Å². The van der Waals surface area contributed by atoms with Gasteiger partial charge in [-0.2, -0.15) is 0 Å². The number of fused-ring (bicyclic) bond motifs is 3. The molecule has 10 rings (SSSR count). The van der Waals surface area contributed by atoms with E-state index in [1.54, 1.807) is 0 Å². The minimum Gasteiger partial charge on any atom is -0.309 e. The molecule has 75 heavy (non-hydrogen) atoms. The van der Waals surface area contributed by atoms with E-state index >= 15 is 0 Å². The van der Waals surface area contributed by atoms with E-state index in [0.717, 1.165) is 50.1 Å². The lowest BCUT2D eigenvalue weighted by Gasteiger charge is -2.26. The molecule has 10 aromatic rings. The number of nitrogens with zero attached hydrogens (tertiary/aromatic N) is 7. The lowest BCUT2D eigenvalue weighted by atomic mass is 9.79. The molecular formula is C68H71N7. The quantitative estimate of drug-likeness (QED) is 0.158. The van der Waals surface area contributed by atoms with Gasteiger partial charge in [-0.1, -0.05) is 201 Å². The summed E-state index contributed by atoms with van der Waals surface area (Å²) in [5.41, 5.74) is 14.1. The van der Waals surface area contributed by atoms with Crippen LogP contribution in [0.2, 0.25) is 0 Å². The molecule has 0 aliphatic heterocycles. The Morgan fingerprint density at radius 2 is 0.640 bits per heavy atom. The first-order valence-corrected chi connectivity index (χ1v) is 26.4. The number of aromatic nitrogens is 7. The molecule has 0 aliphatic rings. The van der Waals surface area contributed by atoms with Crippen molar-refractivity contribution >= 4 is 21.8 Å². The second kappa shape index (κ2) is 18.6. The van der Waals surface area contributed by atoms with Crippen molar-refractivity contribution in [1.29, 1.82) is 0 Å². The molecule has 378 valence electrons. The largest absolute Gasteiger partial charge is 0.309 e. The Morgan fingerprint density at radius 1 is 0.267 bits per heavy atom. The normalized spacial score (nSPS) is 12.7. The van der Waals surface area contributed by atoms with E-state index in [4.69, 9.17) is 29.9 Å². The van der Waals surface area contributed by atoms with Gasteiger partial charge in [-0.3, -0.25) is 0 Å². The number of rotatable bonds is 7. The van der Waals surface area contributed by atoms with Gasteiger partial charge in [0.25, 0.3) is 0 Å². The summed E-state index contributed by atoms with van der Waals surface area (Å²) >= 11 is 0. The van der Waals surface area contributed by atoms with E-state index < -0.39 is 0 Å². The molecule has 0 bridgehead atoms. The summed E-state index contributed by atoms with van der Waals surface area (Å²) in [6, 6.07) is 56.2. The highest BCUT2D eigenvalue weighted by Gasteiger charge is 2.27. The number of benzene rings is 7. The fraction of sp³-hybridized carbons (Fsp3) is 0.294. The Hall–Kier alpha value is -7.64. The van der Waals surface area contributed by atoms with Crippen molar-refractivity contribution in [3.63, 3.8) is 0 Å². The number of hydrogen-bond donors (Lipinski definition) is 0. The Bertz CT molecular complexity index is 3560. The van der Waals surface area contributed by atoms with Crippen LogP contribution in [0.1, 0.15) is 132 Å². The first kappa shape index (κ1) is 50.9. The lowest BCUT2D eigenvalue weighted by molar-refractivity contribution is 0.568. The second-order valence-electron chi connectivity index (χ2n) is 25.5.